The van der Waals surface area contributed by atoms with Crippen molar-refractivity contribution in [2.45, 2.75) is 19.3 Å². The minimum Gasteiger partial charge on any atom is -0.456 e. The van der Waals surface area contributed by atoms with E-state index >= 15 is 0 Å². The average molecular weight is 754 g/mol. The Balaban J connectivity index is 1.16. The molecule has 0 saturated carbocycles. The van der Waals surface area contributed by atoms with Crippen molar-refractivity contribution in [3.8, 4) is 33.4 Å². The highest BCUT2D eigenvalue weighted by Crippen LogP contribution is 2.53. The molecule has 1 aliphatic rings. The van der Waals surface area contributed by atoms with E-state index in [1.54, 1.807) is 0 Å². The van der Waals surface area contributed by atoms with Crippen molar-refractivity contribution in [3.63, 3.8) is 0 Å². The van der Waals surface area contributed by atoms with E-state index in [1.807, 2.05) is 0 Å². The zero-order valence-electron chi connectivity index (χ0n) is 32.9. The van der Waals surface area contributed by atoms with Gasteiger partial charge in [-0.3, -0.25) is 0 Å². The molecule has 11 aromatic rings. The molecule has 0 bridgehead atoms. The normalized spacial score (nSPS) is 13.1. The van der Waals surface area contributed by atoms with Crippen molar-refractivity contribution in [2.24, 2.45) is 0 Å². The topological polar surface area (TPSA) is 16.4 Å². The molecule has 2 nitrogen and oxygen atoms in total. The van der Waals surface area contributed by atoms with Gasteiger partial charge >= 0.3 is 0 Å². The summed E-state index contributed by atoms with van der Waals surface area (Å²) in [6, 6.07) is 73.3. The number of benzene rings is 10. The molecule has 10 aromatic carbocycles. The van der Waals surface area contributed by atoms with E-state index in [9.17, 15) is 0 Å². The molecule has 59 heavy (non-hydrogen) atoms. The molecule has 0 atom stereocenters. The quantitative estimate of drug-likeness (QED) is 0.163. The summed E-state index contributed by atoms with van der Waals surface area (Å²) >= 11 is 0. The molecule has 0 aliphatic heterocycles. The lowest BCUT2D eigenvalue weighted by Gasteiger charge is -2.30. The Morgan fingerprint density at radius 1 is 0.373 bits per heavy atom. The van der Waals surface area contributed by atoms with Crippen LogP contribution in [0.4, 0.5) is 17.1 Å². The molecule has 1 aliphatic carbocycles. The van der Waals surface area contributed by atoms with E-state index in [2.05, 4.69) is 219 Å². The SMILES string of the molecule is CC1(C)c2ccccc2-c2ccc(N(c3ccc(-c4ccccc4)cc3)c3ccc4oc5ccccc5c4c3-c3ccc4c5ccccc5c5ccccc5c4c3)cc21. The first-order chi connectivity index (χ1) is 29.0. The van der Waals surface area contributed by atoms with Gasteiger partial charge in [-0.15, -0.1) is 0 Å². The second-order valence-electron chi connectivity index (χ2n) is 16.4. The Bertz CT molecular complexity index is 3430. The van der Waals surface area contributed by atoms with Crippen molar-refractivity contribution in [3.05, 3.63) is 211 Å². The second-order valence-corrected chi connectivity index (χ2v) is 16.4. The van der Waals surface area contributed by atoms with Crippen molar-refractivity contribution in [1.82, 2.24) is 0 Å². The van der Waals surface area contributed by atoms with Gasteiger partial charge in [-0.05, 0) is 120 Å². The van der Waals surface area contributed by atoms with Gasteiger partial charge < -0.3 is 9.32 Å². The molecule has 1 aromatic heterocycles. The fourth-order valence-electron chi connectivity index (χ4n) is 10.0. The fraction of sp³-hybridized carbons (Fsp3) is 0.0526. The van der Waals surface area contributed by atoms with Gasteiger partial charge in [-0.25, -0.2) is 0 Å². The summed E-state index contributed by atoms with van der Waals surface area (Å²) in [5, 5.41) is 9.77. The first-order valence-electron chi connectivity index (χ1n) is 20.5. The summed E-state index contributed by atoms with van der Waals surface area (Å²) in [5.41, 5.74) is 14.9. The summed E-state index contributed by atoms with van der Waals surface area (Å²) in [6.45, 7) is 4.72. The van der Waals surface area contributed by atoms with E-state index in [4.69, 9.17) is 4.42 Å². The van der Waals surface area contributed by atoms with Crippen molar-refractivity contribution >= 4 is 71.3 Å². The molecule has 0 saturated heterocycles. The monoisotopic (exact) mass is 753 g/mol. The first-order valence-corrected chi connectivity index (χ1v) is 20.5. The number of para-hydroxylation sites is 1. The summed E-state index contributed by atoms with van der Waals surface area (Å²) < 4.78 is 6.65. The Kier molecular flexibility index (Phi) is 7.31. The fourth-order valence-corrected chi connectivity index (χ4v) is 10.0. The Labute approximate surface area is 343 Å². The number of hydrogen-bond acceptors (Lipinski definition) is 2. The van der Waals surface area contributed by atoms with Crippen LogP contribution in [0.5, 0.6) is 0 Å². The number of fused-ring (bicyclic) bond motifs is 12. The molecule has 0 spiro atoms. The van der Waals surface area contributed by atoms with Crippen molar-refractivity contribution in [2.75, 3.05) is 4.90 Å². The van der Waals surface area contributed by atoms with Crippen LogP contribution in [0.3, 0.4) is 0 Å². The van der Waals surface area contributed by atoms with Crippen LogP contribution in [-0.4, -0.2) is 0 Å². The summed E-state index contributed by atoms with van der Waals surface area (Å²) in [6.07, 6.45) is 0. The standard InChI is InChI=1S/C57H39NO/c1-57(2)50-22-12-10-20-46(50)47-31-29-40(35-51(47)57)58(39-27-24-37(25-28-39)36-14-4-3-5-15-36)52-32-33-54-56(48-21-11-13-23-53(48)59-54)55(52)38-26-30-45-43-18-7-6-16-41(43)42-17-8-9-19-44(42)49(45)34-38/h3-35H,1-2H3. The molecule has 0 amide bonds. The zero-order chi connectivity index (χ0) is 39.2. The molecule has 278 valence electrons. The van der Waals surface area contributed by atoms with Gasteiger partial charge in [-0.2, -0.15) is 0 Å². The van der Waals surface area contributed by atoms with E-state index in [0.29, 0.717) is 0 Å². The van der Waals surface area contributed by atoms with Crippen LogP contribution in [0.15, 0.2) is 205 Å². The number of hydrogen-bond donors (Lipinski definition) is 0. The van der Waals surface area contributed by atoms with Crippen LogP contribution in [0.1, 0.15) is 25.0 Å². The Morgan fingerprint density at radius 2 is 0.932 bits per heavy atom. The Hall–Kier alpha value is -7.42. The highest BCUT2D eigenvalue weighted by Gasteiger charge is 2.36. The minimum atomic E-state index is -0.152. The van der Waals surface area contributed by atoms with Crippen LogP contribution in [0.25, 0.3) is 87.6 Å². The number of rotatable bonds is 5. The molecule has 2 heteroatoms. The van der Waals surface area contributed by atoms with Gasteiger partial charge in [0.2, 0.25) is 0 Å². The van der Waals surface area contributed by atoms with Crippen LogP contribution >= 0.6 is 0 Å². The van der Waals surface area contributed by atoms with E-state index < -0.39 is 0 Å². The molecule has 1 heterocycles. The van der Waals surface area contributed by atoms with Crippen LogP contribution in [0.2, 0.25) is 0 Å². The van der Waals surface area contributed by atoms with Crippen molar-refractivity contribution < 1.29 is 4.42 Å². The molecule has 0 fully saturated rings. The average Bonchev–Trinajstić information content (AvgIpc) is 3.78. The van der Waals surface area contributed by atoms with Gasteiger partial charge in [0.25, 0.3) is 0 Å². The maximum Gasteiger partial charge on any atom is 0.136 e. The third-order valence-corrected chi connectivity index (χ3v) is 12.9. The predicted octanol–water partition coefficient (Wildman–Crippen LogP) is 16.2. The second kappa shape index (κ2) is 12.8. The largest absolute Gasteiger partial charge is 0.456 e. The van der Waals surface area contributed by atoms with Crippen LogP contribution in [0, 0.1) is 0 Å². The van der Waals surface area contributed by atoms with Crippen molar-refractivity contribution in [1.29, 1.82) is 0 Å². The highest BCUT2D eigenvalue weighted by atomic mass is 16.3. The summed E-state index contributed by atoms with van der Waals surface area (Å²) in [5.74, 6) is 0. The van der Waals surface area contributed by atoms with Gasteiger partial charge in [0.05, 0.1) is 5.69 Å². The molecule has 0 radical (unpaired) electrons. The molecule has 0 unspecified atom stereocenters. The van der Waals surface area contributed by atoms with Gasteiger partial charge in [-0.1, -0.05) is 166 Å². The lowest BCUT2D eigenvalue weighted by molar-refractivity contribution is 0.660. The van der Waals surface area contributed by atoms with Gasteiger partial charge in [0.15, 0.2) is 0 Å². The molecular formula is C57H39NO. The third-order valence-electron chi connectivity index (χ3n) is 12.9. The van der Waals surface area contributed by atoms with E-state index in [-0.39, 0.29) is 5.41 Å². The Morgan fingerprint density at radius 3 is 1.68 bits per heavy atom. The minimum absolute atomic E-state index is 0.152. The smallest absolute Gasteiger partial charge is 0.136 e. The first kappa shape index (κ1) is 33.7. The van der Waals surface area contributed by atoms with Crippen LogP contribution in [-0.2, 0) is 5.41 Å². The maximum absolute atomic E-state index is 6.65. The highest BCUT2D eigenvalue weighted by molar-refractivity contribution is 6.26. The molecule has 12 rings (SSSR count). The predicted molar refractivity (Wildman–Crippen MR) is 249 cm³/mol. The van der Waals surface area contributed by atoms with E-state index in [0.717, 1.165) is 50.1 Å². The lowest BCUT2D eigenvalue weighted by atomic mass is 9.82. The third kappa shape index (κ3) is 5.06. The lowest BCUT2D eigenvalue weighted by Crippen LogP contribution is -2.17. The van der Waals surface area contributed by atoms with E-state index in [1.165, 1.54) is 65.7 Å². The zero-order valence-corrected chi connectivity index (χ0v) is 32.9. The number of anilines is 3. The summed E-state index contributed by atoms with van der Waals surface area (Å²) in [7, 11) is 0. The number of nitrogens with zero attached hydrogens (tertiary/aromatic N) is 1. The molecular weight excluding hydrogens is 715 g/mol. The van der Waals surface area contributed by atoms with Gasteiger partial charge in [0, 0.05) is 33.1 Å². The number of furan rings is 1. The maximum atomic E-state index is 6.65. The summed E-state index contributed by atoms with van der Waals surface area (Å²) in [4.78, 5) is 2.47. The van der Waals surface area contributed by atoms with Crippen LogP contribution < -0.4 is 4.90 Å². The molecule has 0 N–H and O–H groups in total. The van der Waals surface area contributed by atoms with Gasteiger partial charge in [0.1, 0.15) is 11.2 Å².